The molecule has 9 nitrogen and oxygen atoms in total. The zero-order valence-electron chi connectivity index (χ0n) is 15.0. The van der Waals surface area contributed by atoms with Crippen LogP contribution in [0.3, 0.4) is 0 Å². The topological polar surface area (TPSA) is 117 Å². The van der Waals surface area contributed by atoms with Gasteiger partial charge in [-0.3, -0.25) is 4.79 Å². The standard InChI is InChI=1S/C17H26N8O/c18-12-5-7-13(8-6-12)25-11-14(20-23-25)17(26)19-10-16-22-21-15-4-2-1-3-9-24(15)16/h11-13H,1-10,18H2,(H,19,26). The number of rotatable bonds is 4. The number of hydrogen-bond acceptors (Lipinski definition) is 6. The normalized spacial score (nSPS) is 23.3. The molecule has 0 unspecified atom stereocenters. The summed E-state index contributed by atoms with van der Waals surface area (Å²) >= 11 is 0. The van der Waals surface area contributed by atoms with Gasteiger partial charge in [0, 0.05) is 19.0 Å². The maximum atomic E-state index is 12.4. The number of amides is 1. The van der Waals surface area contributed by atoms with Crippen LogP contribution in [-0.2, 0) is 19.5 Å². The highest BCUT2D eigenvalue weighted by Crippen LogP contribution is 2.26. The summed E-state index contributed by atoms with van der Waals surface area (Å²) in [5.74, 6) is 1.60. The van der Waals surface area contributed by atoms with Crippen molar-refractivity contribution in [3.63, 3.8) is 0 Å². The van der Waals surface area contributed by atoms with Crippen LogP contribution in [0.2, 0.25) is 0 Å². The molecule has 9 heteroatoms. The Morgan fingerprint density at radius 2 is 2.00 bits per heavy atom. The largest absolute Gasteiger partial charge is 0.343 e. The predicted molar refractivity (Wildman–Crippen MR) is 94.2 cm³/mol. The lowest BCUT2D eigenvalue weighted by Crippen LogP contribution is -2.28. The highest BCUT2D eigenvalue weighted by atomic mass is 16.2. The fourth-order valence-electron chi connectivity index (χ4n) is 3.85. The fourth-order valence-corrected chi connectivity index (χ4v) is 3.85. The molecule has 2 aromatic rings. The summed E-state index contributed by atoms with van der Waals surface area (Å²) in [5.41, 5.74) is 6.29. The summed E-state index contributed by atoms with van der Waals surface area (Å²) in [5, 5.41) is 19.6. The van der Waals surface area contributed by atoms with Crippen LogP contribution in [0.1, 0.15) is 73.1 Å². The number of carbonyl (C=O) groups is 1. The molecule has 0 aromatic carbocycles. The smallest absolute Gasteiger partial charge is 0.273 e. The number of nitrogens with one attached hydrogen (secondary N) is 1. The van der Waals surface area contributed by atoms with Gasteiger partial charge in [0.1, 0.15) is 5.82 Å². The zero-order chi connectivity index (χ0) is 17.9. The zero-order valence-corrected chi connectivity index (χ0v) is 15.0. The van der Waals surface area contributed by atoms with Gasteiger partial charge in [-0.05, 0) is 38.5 Å². The maximum absolute atomic E-state index is 12.4. The van der Waals surface area contributed by atoms with Gasteiger partial charge in [0.2, 0.25) is 0 Å². The van der Waals surface area contributed by atoms with Crippen molar-refractivity contribution in [3.05, 3.63) is 23.5 Å². The summed E-state index contributed by atoms with van der Waals surface area (Å²) in [4.78, 5) is 12.4. The van der Waals surface area contributed by atoms with Crippen LogP contribution in [0.15, 0.2) is 6.20 Å². The second-order valence-electron chi connectivity index (χ2n) is 7.33. The number of carbonyl (C=O) groups excluding carboxylic acids is 1. The number of aromatic nitrogens is 6. The average Bonchev–Trinajstić information content (AvgIpc) is 3.22. The van der Waals surface area contributed by atoms with Gasteiger partial charge in [-0.1, -0.05) is 11.6 Å². The Morgan fingerprint density at radius 3 is 2.85 bits per heavy atom. The van der Waals surface area contributed by atoms with Crippen LogP contribution < -0.4 is 11.1 Å². The van der Waals surface area contributed by atoms with Gasteiger partial charge in [-0.15, -0.1) is 15.3 Å². The molecule has 2 aliphatic rings. The van der Waals surface area contributed by atoms with E-state index < -0.39 is 0 Å². The Labute approximate surface area is 152 Å². The van der Waals surface area contributed by atoms with Crippen LogP contribution in [0.4, 0.5) is 0 Å². The molecular weight excluding hydrogens is 332 g/mol. The van der Waals surface area contributed by atoms with Gasteiger partial charge in [-0.2, -0.15) is 0 Å². The second-order valence-corrected chi connectivity index (χ2v) is 7.33. The second kappa shape index (κ2) is 7.53. The van der Waals surface area contributed by atoms with E-state index >= 15 is 0 Å². The third-order valence-electron chi connectivity index (χ3n) is 5.45. The minimum absolute atomic E-state index is 0.227. The quantitative estimate of drug-likeness (QED) is 0.841. The molecule has 0 saturated heterocycles. The molecule has 0 spiro atoms. The van der Waals surface area contributed by atoms with Crippen LogP contribution in [0.25, 0.3) is 0 Å². The Bertz CT molecular complexity index is 759. The van der Waals surface area contributed by atoms with Gasteiger partial charge in [0.05, 0.1) is 18.8 Å². The number of aryl methyl sites for hydroxylation is 1. The Kier molecular flexibility index (Phi) is 4.96. The Morgan fingerprint density at radius 1 is 1.15 bits per heavy atom. The van der Waals surface area contributed by atoms with Crippen molar-refractivity contribution in [1.82, 2.24) is 35.1 Å². The molecule has 1 amide bonds. The third-order valence-corrected chi connectivity index (χ3v) is 5.45. The highest BCUT2D eigenvalue weighted by Gasteiger charge is 2.22. The van der Waals surface area contributed by atoms with E-state index in [0.717, 1.165) is 63.1 Å². The fraction of sp³-hybridized carbons (Fsp3) is 0.706. The monoisotopic (exact) mass is 358 g/mol. The van der Waals surface area contributed by atoms with Gasteiger partial charge >= 0.3 is 0 Å². The molecule has 1 aliphatic carbocycles. The van der Waals surface area contributed by atoms with Crippen molar-refractivity contribution in [1.29, 1.82) is 0 Å². The molecule has 140 valence electrons. The van der Waals surface area contributed by atoms with Crippen LogP contribution in [-0.4, -0.2) is 41.7 Å². The molecule has 2 aromatic heterocycles. The van der Waals surface area contributed by atoms with Crippen molar-refractivity contribution in [2.75, 3.05) is 0 Å². The molecule has 0 bridgehead atoms. The summed E-state index contributed by atoms with van der Waals surface area (Å²) in [7, 11) is 0. The van der Waals surface area contributed by atoms with Crippen molar-refractivity contribution >= 4 is 5.91 Å². The molecule has 1 aliphatic heterocycles. The van der Waals surface area contributed by atoms with Gasteiger partial charge < -0.3 is 15.6 Å². The lowest BCUT2D eigenvalue weighted by Gasteiger charge is -2.25. The average molecular weight is 358 g/mol. The first kappa shape index (κ1) is 17.1. The van der Waals surface area contributed by atoms with E-state index in [1.807, 2.05) is 4.68 Å². The van der Waals surface area contributed by atoms with Crippen LogP contribution in [0.5, 0.6) is 0 Å². The number of fused-ring (bicyclic) bond motifs is 1. The van der Waals surface area contributed by atoms with Gasteiger partial charge in [0.25, 0.3) is 5.91 Å². The first-order valence-electron chi connectivity index (χ1n) is 9.57. The minimum atomic E-state index is -0.227. The Balaban J connectivity index is 1.36. The molecule has 26 heavy (non-hydrogen) atoms. The van der Waals surface area contributed by atoms with Crippen molar-refractivity contribution in [3.8, 4) is 0 Å². The van der Waals surface area contributed by atoms with E-state index in [-0.39, 0.29) is 18.0 Å². The van der Waals surface area contributed by atoms with E-state index in [1.54, 1.807) is 6.20 Å². The van der Waals surface area contributed by atoms with Crippen LogP contribution >= 0.6 is 0 Å². The highest BCUT2D eigenvalue weighted by molar-refractivity contribution is 5.91. The van der Waals surface area contributed by atoms with Crippen molar-refractivity contribution in [2.24, 2.45) is 5.73 Å². The summed E-state index contributed by atoms with van der Waals surface area (Å²) in [6.07, 6.45) is 10.1. The number of hydrogen-bond donors (Lipinski definition) is 2. The molecule has 1 fully saturated rings. The van der Waals surface area contributed by atoms with E-state index in [2.05, 4.69) is 30.4 Å². The summed E-state index contributed by atoms with van der Waals surface area (Å²) in [6.45, 7) is 1.28. The van der Waals surface area contributed by atoms with Crippen molar-refractivity contribution in [2.45, 2.75) is 76.5 Å². The number of nitrogens with two attached hydrogens (primary N) is 1. The summed E-state index contributed by atoms with van der Waals surface area (Å²) in [6, 6.07) is 0.576. The Hall–Kier alpha value is -2.29. The summed E-state index contributed by atoms with van der Waals surface area (Å²) < 4.78 is 3.94. The van der Waals surface area contributed by atoms with E-state index in [4.69, 9.17) is 5.73 Å². The molecule has 3 N–H and O–H groups in total. The minimum Gasteiger partial charge on any atom is -0.343 e. The maximum Gasteiger partial charge on any atom is 0.273 e. The molecule has 0 atom stereocenters. The lowest BCUT2D eigenvalue weighted by molar-refractivity contribution is 0.0944. The van der Waals surface area contributed by atoms with Gasteiger partial charge in [0.15, 0.2) is 11.5 Å². The first-order valence-corrected chi connectivity index (χ1v) is 9.57. The number of nitrogens with zero attached hydrogens (tertiary/aromatic N) is 6. The lowest BCUT2D eigenvalue weighted by atomic mass is 9.92. The van der Waals surface area contributed by atoms with E-state index in [0.29, 0.717) is 12.2 Å². The van der Waals surface area contributed by atoms with Gasteiger partial charge in [-0.25, -0.2) is 4.68 Å². The molecular formula is C17H26N8O. The molecule has 4 rings (SSSR count). The first-order chi connectivity index (χ1) is 12.7. The van der Waals surface area contributed by atoms with E-state index in [9.17, 15) is 4.79 Å². The predicted octanol–water partition coefficient (Wildman–Crippen LogP) is 0.968. The molecule has 1 saturated carbocycles. The molecule has 0 radical (unpaired) electrons. The third kappa shape index (κ3) is 3.62. The van der Waals surface area contributed by atoms with E-state index in [1.165, 1.54) is 6.42 Å². The van der Waals surface area contributed by atoms with Crippen LogP contribution in [0, 0.1) is 0 Å². The SMILES string of the molecule is NC1CCC(n2cc(C(=O)NCc3nnc4n3CCCCC4)nn2)CC1. The van der Waals surface area contributed by atoms with Crippen molar-refractivity contribution < 1.29 is 4.79 Å². The molecule has 3 heterocycles.